The van der Waals surface area contributed by atoms with Crippen LogP contribution in [-0.2, 0) is 0 Å². The Labute approximate surface area is 65.2 Å². The lowest BCUT2D eigenvalue weighted by Gasteiger charge is -1.93. The van der Waals surface area contributed by atoms with Gasteiger partial charge in [0, 0.05) is 5.92 Å². The lowest BCUT2D eigenvalue weighted by atomic mass is 10.1. The zero-order valence-electron chi connectivity index (χ0n) is 6.46. The van der Waals surface area contributed by atoms with Crippen LogP contribution in [0, 0.1) is 12.8 Å². The second kappa shape index (κ2) is 2.22. The summed E-state index contributed by atoms with van der Waals surface area (Å²) >= 11 is 0. The fourth-order valence-corrected chi connectivity index (χ4v) is 1.21. The Morgan fingerprint density at radius 3 is 2.82 bits per heavy atom. The van der Waals surface area contributed by atoms with Crippen molar-refractivity contribution in [3.8, 4) is 0 Å². The van der Waals surface area contributed by atoms with Gasteiger partial charge in [0.1, 0.15) is 5.76 Å². The minimum atomic E-state index is 0.260. The normalized spacial score (nSPS) is 16.8. The number of furan rings is 1. The summed E-state index contributed by atoms with van der Waals surface area (Å²) in [7, 11) is 0. The molecule has 58 valence electrons. The van der Waals surface area contributed by atoms with E-state index in [2.05, 4.69) is 0 Å². The lowest BCUT2D eigenvalue weighted by molar-refractivity contribution is 0.0966. The molecule has 2 nitrogen and oxygen atoms in total. The number of aryl methyl sites for hydroxylation is 1. The van der Waals surface area contributed by atoms with Crippen molar-refractivity contribution in [2.45, 2.75) is 19.8 Å². The number of carbonyl (C=O) groups is 1. The third kappa shape index (κ3) is 1.09. The maximum Gasteiger partial charge on any atom is 0.169 e. The van der Waals surface area contributed by atoms with Crippen molar-refractivity contribution >= 4 is 5.78 Å². The average Bonchev–Trinajstić information content (AvgIpc) is 2.74. The summed E-state index contributed by atoms with van der Waals surface area (Å²) in [6, 6.07) is 1.76. The topological polar surface area (TPSA) is 30.2 Å². The van der Waals surface area contributed by atoms with E-state index in [4.69, 9.17) is 4.42 Å². The van der Waals surface area contributed by atoms with Gasteiger partial charge in [-0.25, -0.2) is 0 Å². The molecule has 2 rings (SSSR count). The van der Waals surface area contributed by atoms with Gasteiger partial charge in [-0.3, -0.25) is 4.79 Å². The minimum Gasteiger partial charge on any atom is -0.469 e. The summed E-state index contributed by atoms with van der Waals surface area (Å²) in [5, 5.41) is 0. The van der Waals surface area contributed by atoms with Crippen LogP contribution >= 0.6 is 0 Å². The van der Waals surface area contributed by atoms with Crippen LogP contribution in [0.2, 0.25) is 0 Å². The first-order valence-electron chi connectivity index (χ1n) is 3.87. The van der Waals surface area contributed by atoms with E-state index in [1.807, 2.05) is 6.92 Å². The van der Waals surface area contributed by atoms with Crippen molar-refractivity contribution in [3.63, 3.8) is 0 Å². The van der Waals surface area contributed by atoms with Crippen molar-refractivity contribution < 1.29 is 9.21 Å². The molecular weight excluding hydrogens is 140 g/mol. The van der Waals surface area contributed by atoms with E-state index >= 15 is 0 Å². The third-order valence-corrected chi connectivity index (χ3v) is 2.07. The van der Waals surface area contributed by atoms with Gasteiger partial charge >= 0.3 is 0 Å². The molecular formula is C9H10O2. The van der Waals surface area contributed by atoms with Crippen molar-refractivity contribution in [3.05, 3.63) is 23.7 Å². The molecule has 2 heteroatoms. The van der Waals surface area contributed by atoms with E-state index in [0.29, 0.717) is 5.92 Å². The lowest BCUT2D eigenvalue weighted by Crippen LogP contribution is -2.00. The first-order valence-corrected chi connectivity index (χ1v) is 3.87. The average molecular weight is 150 g/mol. The molecule has 0 N–H and O–H groups in total. The van der Waals surface area contributed by atoms with Gasteiger partial charge in [0.15, 0.2) is 5.78 Å². The predicted octanol–water partition coefficient (Wildman–Crippen LogP) is 2.18. The fraction of sp³-hybridized carbons (Fsp3) is 0.444. The predicted molar refractivity (Wildman–Crippen MR) is 40.5 cm³/mol. The Morgan fingerprint density at radius 1 is 1.64 bits per heavy atom. The summed E-state index contributed by atoms with van der Waals surface area (Å²) < 4.78 is 5.04. The van der Waals surface area contributed by atoms with E-state index in [-0.39, 0.29) is 5.78 Å². The van der Waals surface area contributed by atoms with Crippen molar-refractivity contribution in [1.82, 2.24) is 0 Å². The molecule has 1 heterocycles. The number of Topliss-reactive ketones (excluding diaryl/α,β-unsaturated/α-hetero) is 1. The Kier molecular flexibility index (Phi) is 1.34. The highest BCUT2D eigenvalue weighted by atomic mass is 16.3. The van der Waals surface area contributed by atoms with Crippen LogP contribution in [0.1, 0.15) is 29.0 Å². The smallest absolute Gasteiger partial charge is 0.169 e. The van der Waals surface area contributed by atoms with Gasteiger partial charge in [-0.15, -0.1) is 0 Å². The number of ketones is 1. The molecule has 11 heavy (non-hydrogen) atoms. The molecule has 1 aliphatic rings. The van der Waals surface area contributed by atoms with Crippen molar-refractivity contribution in [1.29, 1.82) is 0 Å². The SMILES string of the molecule is Cc1occc1C(=O)C1CC1. The third-order valence-electron chi connectivity index (χ3n) is 2.07. The van der Waals surface area contributed by atoms with E-state index < -0.39 is 0 Å². The molecule has 1 aliphatic carbocycles. The Bertz CT molecular complexity index is 282. The maximum absolute atomic E-state index is 11.4. The van der Waals surface area contributed by atoms with Gasteiger partial charge in [-0.1, -0.05) is 0 Å². The summed E-state index contributed by atoms with van der Waals surface area (Å²) in [6.07, 6.45) is 3.69. The fourth-order valence-electron chi connectivity index (χ4n) is 1.21. The highest BCUT2D eigenvalue weighted by molar-refractivity contribution is 5.99. The molecule has 0 saturated heterocycles. The van der Waals surface area contributed by atoms with Gasteiger partial charge in [-0.2, -0.15) is 0 Å². The molecule has 0 amide bonds. The molecule has 0 atom stereocenters. The summed E-state index contributed by atoms with van der Waals surface area (Å²) in [5.74, 6) is 1.31. The molecule has 1 fully saturated rings. The van der Waals surface area contributed by atoms with Crippen LogP contribution in [0.25, 0.3) is 0 Å². The van der Waals surface area contributed by atoms with E-state index in [0.717, 1.165) is 24.2 Å². The molecule has 0 spiro atoms. The minimum absolute atomic E-state index is 0.260. The molecule has 0 bridgehead atoms. The molecule has 1 aromatic heterocycles. The van der Waals surface area contributed by atoms with Crippen LogP contribution in [0.4, 0.5) is 0 Å². The van der Waals surface area contributed by atoms with Crippen molar-refractivity contribution in [2.24, 2.45) is 5.92 Å². The summed E-state index contributed by atoms with van der Waals surface area (Å²) in [4.78, 5) is 11.4. The molecule has 0 aliphatic heterocycles. The van der Waals surface area contributed by atoms with Crippen LogP contribution in [0.3, 0.4) is 0 Å². The van der Waals surface area contributed by atoms with E-state index in [1.165, 1.54) is 0 Å². The molecule has 1 saturated carbocycles. The largest absolute Gasteiger partial charge is 0.469 e. The van der Waals surface area contributed by atoms with Crippen LogP contribution in [0.5, 0.6) is 0 Å². The van der Waals surface area contributed by atoms with Gasteiger partial charge < -0.3 is 4.42 Å². The number of rotatable bonds is 2. The maximum atomic E-state index is 11.4. The van der Waals surface area contributed by atoms with Crippen LogP contribution in [0.15, 0.2) is 16.7 Å². The monoisotopic (exact) mass is 150 g/mol. The molecule has 0 aromatic carbocycles. The zero-order valence-corrected chi connectivity index (χ0v) is 6.46. The van der Waals surface area contributed by atoms with Crippen LogP contribution < -0.4 is 0 Å². The van der Waals surface area contributed by atoms with E-state index in [1.54, 1.807) is 12.3 Å². The molecule has 0 radical (unpaired) electrons. The standard InChI is InChI=1S/C9H10O2/c1-6-8(4-5-11-6)9(10)7-2-3-7/h4-5,7H,2-3H2,1H3. The number of hydrogen-bond acceptors (Lipinski definition) is 2. The zero-order chi connectivity index (χ0) is 7.84. The Morgan fingerprint density at radius 2 is 2.36 bits per heavy atom. The summed E-state index contributed by atoms with van der Waals surface area (Å²) in [5.41, 5.74) is 0.771. The highest BCUT2D eigenvalue weighted by Gasteiger charge is 2.31. The first kappa shape index (κ1) is 6.65. The number of hydrogen-bond donors (Lipinski definition) is 0. The van der Waals surface area contributed by atoms with Gasteiger partial charge in [0.05, 0.1) is 11.8 Å². The first-order chi connectivity index (χ1) is 5.29. The summed E-state index contributed by atoms with van der Waals surface area (Å²) in [6.45, 7) is 1.83. The second-order valence-electron chi connectivity index (χ2n) is 3.03. The Hall–Kier alpha value is -1.05. The van der Waals surface area contributed by atoms with Crippen molar-refractivity contribution in [2.75, 3.05) is 0 Å². The molecule has 1 aromatic rings. The van der Waals surface area contributed by atoms with Gasteiger partial charge in [0.25, 0.3) is 0 Å². The Balaban J connectivity index is 2.27. The number of carbonyl (C=O) groups excluding carboxylic acids is 1. The van der Waals surface area contributed by atoms with E-state index in [9.17, 15) is 4.79 Å². The quantitative estimate of drug-likeness (QED) is 0.605. The van der Waals surface area contributed by atoms with Crippen LogP contribution in [-0.4, -0.2) is 5.78 Å². The second-order valence-corrected chi connectivity index (χ2v) is 3.03. The van der Waals surface area contributed by atoms with Gasteiger partial charge in [0.2, 0.25) is 0 Å². The molecule has 0 unspecified atom stereocenters. The van der Waals surface area contributed by atoms with Gasteiger partial charge in [-0.05, 0) is 25.8 Å². The highest BCUT2D eigenvalue weighted by Crippen LogP contribution is 2.33.